The third kappa shape index (κ3) is 4.66. The Kier molecular flexibility index (Phi) is 6.07. The number of carbonyl (C=O) groups is 2. The Labute approximate surface area is 206 Å². The number of pyridine rings is 1. The van der Waals surface area contributed by atoms with Crippen LogP contribution in [0.2, 0.25) is 0 Å². The van der Waals surface area contributed by atoms with Gasteiger partial charge in [0, 0.05) is 45.2 Å². The predicted octanol–water partition coefficient (Wildman–Crippen LogP) is 2.48. The van der Waals surface area contributed by atoms with Crippen molar-refractivity contribution < 1.29 is 18.0 Å². The van der Waals surface area contributed by atoms with Gasteiger partial charge in [-0.15, -0.1) is 0 Å². The van der Waals surface area contributed by atoms with Crippen molar-refractivity contribution in [1.29, 1.82) is 0 Å². The van der Waals surface area contributed by atoms with E-state index in [0.29, 0.717) is 44.2 Å². The molecular weight excluding hydrogens is 464 g/mol. The van der Waals surface area contributed by atoms with Crippen LogP contribution in [0.3, 0.4) is 0 Å². The topological polar surface area (TPSA) is 99.7 Å². The van der Waals surface area contributed by atoms with Crippen LogP contribution in [0.1, 0.15) is 58.6 Å². The van der Waals surface area contributed by atoms with Crippen molar-refractivity contribution in [2.45, 2.75) is 43.4 Å². The molecule has 2 saturated heterocycles. The van der Waals surface area contributed by atoms with Gasteiger partial charge in [0.05, 0.1) is 16.4 Å². The number of nitrogens with one attached hydrogen (secondary N) is 1. The van der Waals surface area contributed by atoms with Gasteiger partial charge in [-0.25, -0.2) is 13.4 Å². The number of hydrogen-bond acceptors (Lipinski definition) is 6. The third-order valence-electron chi connectivity index (χ3n) is 7.36. The summed E-state index contributed by atoms with van der Waals surface area (Å²) in [5.74, 6) is 0.835. The lowest BCUT2D eigenvalue weighted by Gasteiger charge is -2.36. The Morgan fingerprint density at radius 1 is 1.11 bits per heavy atom. The lowest BCUT2D eigenvalue weighted by molar-refractivity contribution is -0.120. The molecule has 3 fully saturated rings. The van der Waals surface area contributed by atoms with Crippen LogP contribution in [-0.4, -0.2) is 69.1 Å². The van der Waals surface area contributed by atoms with Crippen molar-refractivity contribution in [2.24, 2.45) is 5.92 Å². The minimum absolute atomic E-state index is 0.00875. The molecule has 186 valence electrons. The highest BCUT2D eigenvalue weighted by Gasteiger charge is 2.35. The molecule has 1 aromatic carbocycles. The van der Waals surface area contributed by atoms with E-state index < -0.39 is 15.8 Å². The maximum atomic E-state index is 13.4. The summed E-state index contributed by atoms with van der Waals surface area (Å²) in [6, 6.07) is 7.04. The van der Waals surface area contributed by atoms with E-state index in [1.165, 1.54) is 24.5 Å². The Morgan fingerprint density at radius 2 is 1.83 bits per heavy atom. The molecule has 0 radical (unpaired) electrons. The molecule has 1 aromatic heterocycles. The number of rotatable bonds is 5. The quantitative estimate of drug-likeness (QED) is 0.683. The summed E-state index contributed by atoms with van der Waals surface area (Å²) in [5, 5.41) is 2.83. The summed E-state index contributed by atoms with van der Waals surface area (Å²) < 4.78 is 25.3. The number of piperazine rings is 1. The zero-order valence-corrected chi connectivity index (χ0v) is 21.3. The molecule has 2 atom stereocenters. The Bertz CT molecular complexity index is 1280. The van der Waals surface area contributed by atoms with Gasteiger partial charge in [-0.3, -0.25) is 9.59 Å². The number of nitrogens with zero attached hydrogens (tertiary/aromatic N) is 3. The van der Waals surface area contributed by atoms with Crippen molar-refractivity contribution >= 4 is 27.5 Å². The second-order valence-electron chi connectivity index (χ2n) is 10.2. The number of aromatic nitrogens is 1. The van der Waals surface area contributed by atoms with Gasteiger partial charge in [-0.1, -0.05) is 19.1 Å². The molecule has 1 saturated carbocycles. The molecule has 1 N–H and O–H groups in total. The first-order valence-electron chi connectivity index (χ1n) is 12.3. The highest BCUT2D eigenvalue weighted by Crippen LogP contribution is 2.44. The van der Waals surface area contributed by atoms with Crippen LogP contribution in [-0.2, 0) is 14.6 Å². The summed E-state index contributed by atoms with van der Waals surface area (Å²) in [7, 11) is -3.67. The average molecular weight is 497 g/mol. The lowest BCUT2D eigenvalue weighted by Crippen LogP contribution is -2.49. The van der Waals surface area contributed by atoms with Crippen LogP contribution in [0.4, 0.5) is 5.82 Å². The van der Waals surface area contributed by atoms with Crippen molar-refractivity contribution in [3.63, 3.8) is 0 Å². The molecule has 9 heteroatoms. The highest BCUT2D eigenvalue weighted by atomic mass is 32.2. The molecule has 2 amide bonds. The van der Waals surface area contributed by atoms with Crippen LogP contribution in [0.15, 0.2) is 35.4 Å². The van der Waals surface area contributed by atoms with E-state index in [-0.39, 0.29) is 28.2 Å². The van der Waals surface area contributed by atoms with Gasteiger partial charge in [-0.05, 0) is 60.4 Å². The van der Waals surface area contributed by atoms with E-state index in [0.717, 1.165) is 17.6 Å². The number of hydrogen-bond donors (Lipinski definition) is 1. The van der Waals surface area contributed by atoms with E-state index in [2.05, 4.69) is 23.2 Å². The van der Waals surface area contributed by atoms with E-state index in [9.17, 15) is 18.0 Å². The Hall–Kier alpha value is -2.94. The number of benzene rings is 1. The molecule has 1 aliphatic carbocycles. The first-order chi connectivity index (χ1) is 16.6. The molecule has 3 aliphatic rings. The van der Waals surface area contributed by atoms with Gasteiger partial charge in [0.2, 0.25) is 5.91 Å². The van der Waals surface area contributed by atoms with Crippen molar-refractivity contribution in [1.82, 2.24) is 15.2 Å². The van der Waals surface area contributed by atoms with E-state index >= 15 is 0 Å². The zero-order chi connectivity index (χ0) is 24.9. The number of anilines is 1. The SMILES string of the molecule is Cc1cnc(N2CCN(C(=O)c3ccc([C@@H]4C(=O)NCC4C)cc3S(C)(=O)=O)CC2)c(C2CC2)c1. The average Bonchev–Trinajstić information content (AvgIpc) is 3.62. The molecular formula is C26H32N4O4S. The van der Waals surface area contributed by atoms with Gasteiger partial charge < -0.3 is 15.1 Å². The molecule has 0 bridgehead atoms. The maximum absolute atomic E-state index is 13.4. The first-order valence-corrected chi connectivity index (χ1v) is 14.1. The van der Waals surface area contributed by atoms with Gasteiger partial charge in [0.15, 0.2) is 9.84 Å². The van der Waals surface area contributed by atoms with Crippen LogP contribution < -0.4 is 10.2 Å². The van der Waals surface area contributed by atoms with Crippen LogP contribution in [0.25, 0.3) is 0 Å². The molecule has 5 rings (SSSR count). The van der Waals surface area contributed by atoms with Crippen LogP contribution >= 0.6 is 0 Å². The standard InChI is InChI=1S/C26H32N4O4S/c1-16-12-21(18-4-5-18)24(27-14-16)29-8-10-30(11-9-29)26(32)20-7-6-19(13-22(20)35(3,33)34)23-17(2)15-28-25(23)31/h6-7,12-14,17-18,23H,4-5,8-11,15H2,1-3H3,(H,28,31)/t17?,23-/m1/s1. The minimum atomic E-state index is -3.67. The first kappa shape index (κ1) is 23.8. The van der Waals surface area contributed by atoms with Gasteiger partial charge in [0.1, 0.15) is 5.82 Å². The summed E-state index contributed by atoms with van der Waals surface area (Å²) in [5.41, 5.74) is 3.26. The second kappa shape index (κ2) is 8.93. The fourth-order valence-electron chi connectivity index (χ4n) is 5.28. The van der Waals surface area contributed by atoms with Gasteiger partial charge >= 0.3 is 0 Å². The fraction of sp³-hybridized carbons (Fsp3) is 0.500. The largest absolute Gasteiger partial charge is 0.355 e. The number of carbonyl (C=O) groups excluding carboxylic acids is 2. The number of aryl methyl sites for hydroxylation is 1. The molecule has 1 unspecified atom stereocenters. The lowest BCUT2D eigenvalue weighted by atomic mass is 9.89. The van der Waals surface area contributed by atoms with Gasteiger partial charge in [-0.2, -0.15) is 0 Å². The number of amides is 2. The summed E-state index contributed by atoms with van der Waals surface area (Å²) >= 11 is 0. The highest BCUT2D eigenvalue weighted by molar-refractivity contribution is 7.90. The van der Waals surface area contributed by atoms with Crippen molar-refractivity contribution in [2.75, 3.05) is 43.9 Å². The normalized spacial score (nSPS) is 22.9. The number of sulfone groups is 1. The molecule has 2 aliphatic heterocycles. The maximum Gasteiger partial charge on any atom is 0.255 e. The predicted molar refractivity (Wildman–Crippen MR) is 134 cm³/mol. The van der Waals surface area contributed by atoms with E-state index in [1.54, 1.807) is 17.0 Å². The molecule has 35 heavy (non-hydrogen) atoms. The summed E-state index contributed by atoms with van der Waals surface area (Å²) in [6.07, 6.45) is 5.40. The fourth-order valence-corrected chi connectivity index (χ4v) is 6.18. The molecule has 2 aromatic rings. The molecule has 8 nitrogen and oxygen atoms in total. The zero-order valence-electron chi connectivity index (χ0n) is 20.5. The molecule has 3 heterocycles. The second-order valence-corrected chi connectivity index (χ2v) is 12.2. The smallest absolute Gasteiger partial charge is 0.255 e. The minimum Gasteiger partial charge on any atom is -0.355 e. The van der Waals surface area contributed by atoms with Crippen LogP contribution in [0.5, 0.6) is 0 Å². The summed E-state index contributed by atoms with van der Waals surface area (Å²) in [4.78, 5) is 34.4. The Balaban J connectivity index is 1.36. The third-order valence-corrected chi connectivity index (χ3v) is 8.50. The van der Waals surface area contributed by atoms with E-state index in [4.69, 9.17) is 4.98 Å². The van der Waals surface area contributed by atoms with Crippen LogP contribution in [0, 0.1) is 12.8 Å². The van der Waals surface area contributed by atoms with Gasteiger partial charge in [0.25, 0.3) is 5.91 Å². The van der Waals surface area contributed by atoms with Crippen molar-refractivity contribution in [3.05, 3.63) is 52.7 Å². The monoisotopic (exact) mass is 496 g/mol. The molecule has 0 spiro atoms. The Morgan fingerprint density at radius 3 is 2.43 bits per heavy atom. The summed E-state index contributed by atoms with van der Waals surface area (Å²) in [6.45, 7) is 6.85. The van der Waals surface area contributed by atoms with Crippen molar-refractivity contribution in [3.8, 4) is 0 Å². The van der Waals surface area contributed by atoms with E-state index in [1.807, 2.05) is 13.1 Å².